The van der Waals surface area contributed by atoms with E-state index in [4.69, 9.17) is 4.74 Å². The highest BCUT2D eigenvalue weighted by atomic mass is 16.5. The van der Waals surface area contributed by atoms with Crippen LogP contribution in [0, 0.1) is 5.92 Å². The average molecular weight is 228 g/mol. The highest BCUT2D eigenvalue weighted by Gasteiger charge is 2.21. The highest BCUT2D eigenvalue weighted by molar-refractivity contribution is 5.79. The van der Waals surface area contributed by atoms with Crippen LogP contribution in [0.15, 0.2) is 0 Å². The number of likely N-dealkylation sites (N-methyl/N-ethyl adjacent to an activating group) is 1. The zero-order chi connectivity index (χ0) is 12.0. The lowest BCUT2D eigenvalue weighted by Crippen LogP contribution is -2.38. The molecule has 1 aliphatic carbocycles. The third-order valence-corrected chi connectivity index (χ3v) is 2.40. The summed E-state index contributed by atoms with van der Waals surface area (Å²) in [4.78, 5) is 24.2. The predicted molar refractivity (Wildman–Crippen MR) is 59.9 cm³/mol. The Hall–Kier alpha value is -1.10. The maximum atomic E-state index is 11.4. The van der Waals surface area contributed by atoms with E-state index >= 15 is 0 Å². The van der Waals surface area contributed by atoms with E-state index in [-0.39, 0.29) is 25.0 Å². The Kier molecular flexibility index (Phi) is 5.25. The number of amides is 1. The molecular weight excluding hydrogens is 208 g/mol. The van der Waals surface area contributed by atoms with E-state index in [0.717, 1.165) is 6.54 Å². The summed E-state index contributed by atoms with van der Waals surface area (Å²) in [6.45, 7) is 3.31. The number of hydrogen-bond acceptors (Lipinski definition) is 4. The van der Waals surface area contributed by atoms with Gasteiger partial charge in [-0.15, -0.1) is 0 Å². The third kappa shape index (κ3) is 5.70. The van der Waals surface area contributed by atoms with Crippen molar-refractivity contribution < 1.29 is 14.3 Å². The number of hydrogen-bond donors (Lipinski definition) is 1. The van der Waals surface area contributed by atoms with Crippen LogP contribution in [0.3, 0.4) is 0 Å². The van der Waals surface area contributed by atoms with Gasteiger partial charge in [0.1, 0.15) is 0 Å². The molecule has 0 heterocycles. The number of carbonyl (C=O) groups excluding carboxylic acids is 2. The van der Waals surface area contributed by atoms with E-state index in [2.05, 4.69) is 5.32 Å². The molecule has 1 saturated carbocycles. The van der Waals surface area contributed by atoms with E-state index in [1.54, 1.807) is 18.9 Å². The molecule has 0 radical (unpaired) electrons. The number of nitrogens with zero attached hydrogens (tertiary/aromatic N) is 1. The molecular formula is C11H20N2O3. The number of esters is 1. The Morgan fingerprint density at radius 2 is 2.06 bits per heavy atom. The second kappa shape index (κ2) is 6.48. The maximum Gasteiger partial charge on any atom is 0.320 e. The molecule has 1 N–H and O–H groups in total. The molecule has 0 aliphatic heterocycles. The smallest absolute Gasteiger partial charge is 0.320 e. The first-order valence-corrected chi connectivity index (χ1v) is 5.72. The van der Waals surface area contributed by atoms with Gasteiger partial charge in [-0.25, -0.2) is 0 Å². The molecule has 5 heteroatoms. The van der Waals surface area contributed by atoms with Gasteiger partial charge in [0.25, 0.3) is 0 Å². The Morgan fingerprint density at radius 1 is 1.38 bits per heavy atom. The lowest BCUT2D eigenvalue weighted by Gasteiger charge is -2.14. The summed E-state index contributed by atoms with van der Waals surface area (Å²) in [5.74, 6) is 0.359. The fraction of sp³-hybridized carbons (Fsp3) is 0.818. The Bertz CT molecular complexity index is 252. The molecule has 0 aromatic rings. The molecule has 1 aliphatic rings. The van der Waals surface area contributed by atoms with E-state index in [1.165, 1.54) is 12.8 Å². The summed E-state index contributed by atoms with van der Waals surface area (Å²) in [5, 5.41) is 2.85. The third-order valence-electron chi connectivity index (χ3n) is 2.40. The van der Waals surface area contributed by atoms with Crippen molar-refractivity contribution in [1.29, 1.82) is 0 Å². The van der Waals surface area contributed by atoms with Crippen molar-refractivity contribution in [1.82, 2.24) is 10.2 Å². The minimum absolute atomic E-state index is 0.0290. The normalized spacial score (nSPS) is 14.9. The fourth-order valence-corrected chi connectivity index (χ4v) is 1.36. The number of carbonyl (C=O) groups is 2. The van der Waals surface area contributed by atoms with Gasteiger partial charge in [-0.1, -0.05) is 0 Å². The van der Waals surface area contributed by atoms with Gasteiger partial charge < -0.3 is 10.1 Å². The molecule has 5 nitrogen and oxygen atoms in total. The molecule has 0 bridgehead atoms. The molecule has 0 atom stereocenters. The molecule has 0 unspecified atom stereocenters. The standard InChI is InChI=1S/C11H20N2O3/c1-3-16-11(15)8-13(2)7-10(14)12-6-9-4-5-9/h9H,3-8H2,1-2H3,(H,12,14). The van der Waals surface area contributed by atoms with Crippen molar-refractivity contribution in [2.24, 2.45) is 5.92 Å². The van der Waals surface area contributed by atoms with Crippen LogP contribution in [0.4, 0.5) is 0 Å². The molecule has 0 saturated heterocycles. The number of nitrogens with one attached hydrogen (secondary N) is 1. The van der Waals surface area contributed by atoms with Gasteiger partial charge in [0.05, 0.1) is 19.7 Å². The minimum Gasteiger partial charge on any atom is -0.465 e. The van der Waals surface area contributed by atoms with Gasteiger partial charge >= 0.3 is 5.97 Å². The first-order chi connectivity index (χ1) is 7.61. The Balaban J connectivity index is 2.08. The number of rotatable bonds is 7. The van der Waals surface area contributed by atoms with Crippen molar-refractivity contribution in [3.63, 3.8) is 0 Å². The van der Waals surface area contributed by atoms with Crippen LogP contribution in [-0.4, -0.2) is 50.1 Å². The zero-order valence-corrected chi connectivity index (χ0v) is 9.99. The maximum absolute atomic E-state index is 11.4. The van der Waals surface area contributed by atoms with Crippen molar-refractivity contribution in [2.75, 3.05) is 33.3 Å². The van der Waals surface area contributed by atoms with Gasteiger partial charge in [-0.3, -0.25) is 14.5 Å². The van der Waals surface area contributed by atoms with E-state index in [0.29, 0.717) is 12.5 Å². The SMILES string of the molecule is CCOC(=O)CN(C)CC(=O)NCC1CC1. The summed E-state index contributed by atoms with van der Waals surface area (Å²) >= 11 is 0. The van der Waals surface area contributed by atoms with Crippen LogP contribution >= 0.6 is 0 Å². The van der Waals surface area contributed by atoms with Crippen LogP contribution in [0.5, 0.6) is 0 Å². The monoisotopic (exact) mass is 228 g/mol. The van der Waals surface area contributed by atoms with Gasteiger partial charge in [0.15, 0.2) is 0 Å². The minimum atomic E-state index is -0.292. The molecule has 1 rings (SSSR count). The van der Waals surface area contributed by atoms with E-state index in [9.17, 15) is 9.59 Å². The van der Waals surface area contributed by atoms with E-state index < -0.39 is 0 Å². The molecule has 1 fully saturated rings. The topological polar surface area (TPSA) is 58.6 Å². The first kappa shape index (κ1) is 13.0. The van der Waals surface area contributed by atoms with Crippen LogP contribution in [0.25, 0.3) is 0 Å². The molecule has 0 aromatic carbocycles. The van der Waals surface area contributed by atoms with Gasteiger partial charge in [-0.05, 0) is 32.7 Å². The van der Waals surface area contributed by atoms with Crippen molar-refractivity contribution in [2.45, 2.75) is 19.8 Å². The highest BCUT2D eigenvalue weighted by Crippen LogP contribution is 2.27. The van der Waals surface area contributed by atoms with Gasteiger partial charge in [0.2, 0.25) is 5.91 Å². The second-order valence-corrected chi connectivity index (χ2v) is 4.22. The summed E-state index contributed by atoms with van der Waals surface area (Å²) in [6.07, 6.45) is 2.44. The van der Waals surface area contributed by atoms with Crippen LogP contribution < -0.4 is 5.32 Å². The molecule has 0 spiro atoms. The Morgan fingerprint density at radius 3 is 2.62 bits per heavy atom. The first-order valence-electron chi connectivity index (χ1n) is 5.72. The van der Waals surface area contributed by atoms with Gasteiger partial charge in [-0.2, -0.15) is 0 Å². The lowest BCUT2D eigenvalue weighted by atomic mass is 10.4. The van der Waals surface area contributed by atoms with Crippen LogP contribution in [-0.2, 0) is 14.3 Å². The molecule has 0 aromatic heterocycles. The fourth-order valence-electron chi connectivity index (χ4n) is 1.36. The largest absolute Gasteiger partial charge is 0.465 e. The van der Waals surface area contributed by atoms with Crippen molar-refractivity contribution in [3.05, 3.63) is 0 Å². The Labute approximate surface area is 96.1 Å². The average Bonchev–Trinajstić information content (AvgIpc) is 2.97. The second-order valence-electron chi connectivity index (χ2n) is 4.22. The van der Waals surface area contributed by atoms with Crippen molar-refractivity contribution >= 4 is 11.9 Å². The van der Waals surface area contributed by atoms with Crippen LogP contribution in [0.2, 0.25) is 0 Å². The van der Waals surface area contributed by atoms with E-state index in [1.807, 2.05) is 0 Å². The number of ether oxygens (including phenoxy) is 1. The molecule has 1 amide bonds. The van der Waals surface area contributed by atoms with Crippen LogP contribution in [0.1, 0.15) is 19.8 Å². The summed E-state index contributed by atoms with van der Waals surface area (Å²) in [7, 11) is 1.73. The summed E-state index contributed by atoms with van der Waals surface area (Å²) in [5.41, 5.74) is 0. The lowest BCUT2D eigenvalue weighted by molar-refractivity contribution is -0.144. The summed E-state index contributed by atoms with van der Waals surface area (Å²) in [6, 6.07) is 0. The zero-order valence-electron chi connectivity index (χ0n) is 9.99. The predicted octanol–water partition coefficient (Wildman–Crippen LogP) is 0.00750. The van der Waals surface area contributed by atoms with Crippen molar-refractivity contribution in [3.8, 4) is 0 Å². The van der Waals surface area contributed by atoms with Gasteiger partial charge in [0, 0.05) is 6.54 Å². The molecule has 92 valence electrons. The summed E-state index contributed by atoms with van der Waals surface area (Å²) < 4.78 is 4.79. The quantitative estimate of drug-likeness (QED) is 0.623. The molecule has 16 heavy (non-hydrogen) atoms.